The van der Waals surface area contributed by atoms with Crippen molar-refractivity contribution in [3.8, 4) is 17.2 Å². The zero-order valence-electron chi connectivity index (χ0n) is 22.1. The van der Waals surface area contributed by atoms with Gasteiger partial charge in [-0.25, -0.2) is 0 Å². The first kappa shape index (κ1) is 28.2. The number of thioether (sulfide) groups is 1. The molecule has 1 aliphatic heterocycles. The summed E-state index contributed by atoms with van der Waals surface area (Å²) in [5.74, 6) is -0.0133. The van der Waals surface area contributed by atoms with E-state index in [0.717, 1.165) is 28.3 Å². The number of aliphatic imine (C=N–C) groups is 1. The predicted octanol–water partition coefficient (Wildman–Crippen LogP) is 3.55. The summed E-state index contributed by atoms with van der Waals surface area (Å²) in [6.07, 6.45) is 7.96. The average molecular weight is 675 g/mol. The maximum atomic E-state index is 15.2. The molecule has 208 valence electrons. The number of fused-ring (bicyclic) bond motifs is 2. The Hall–Kier alpha value is -3.38. The van der Waals surface area contributed by atoms with E-state index in [1.165, 1.54) is 42.2 Å². The number of para-hydroxylation sites is 1. The van der Waals surface area contributed by atoms with Crippen molar-refractivity contribution in [2.45, 2.75) is 23.7 Å². The van der Waals surface area contributed by atoms with Gasteiger partial charge in [0.25, 0.3) is 0 Å². The number of carbonyl (C=O) groups excluding carboxylic acids is 1. The molecule has 2 N–H and O–H groups in total. The summed E-state index contributed by atoms with van der Waals surface area (Å²) in [7, 11) is 0. The maximum absolute atomic E-state index is 15.2. The van der Waals surface area contributed by atoms with E-state index in [4.69, 9.17) is 15.2 Å². The van der Waals surface area contributed by atoms with Gasteiger partial charge in [-0.1, -0.05) is 18.2 Å². The fraction of sp³-hybridized carbons (Fsp3) is 0.200. The van der Waals surface area contributed by atoms with Gasteiger partial charge in [-0.3, -0.25) is 0 Å². The number of alkyl halides is 1. The minimum atomic E-state index is -0.632. The number of hydrogen-bond donors (Lipinski definition) is 1. The molecular formula is C30H27F2IN3O3S-. The zero-order valence-corrected chi connectivity index (χ0v) is 25.1. The molecule has 0 saturated carbocycles. The molecule has 0 amide bonds. The van der Waals surface area contributed by atoms with Crippen molar-refractivity contribution in [2.24, 2.45) is 10.7 Å². The first-order valence-electron chi connectivity index (χ1n) is 12.3. The van der Waals surface area contributed by atoms with Crippen LogP contribution in [0.4, 0.5) is 14.5 Å². The molecule has 5 rings (SSSR count). The summed E-state index contributed by atoms with van der Waals surface area (Å²) in [4.78, 5) is 18.1. The number of hydrogen-bond acceptors (Lipinski definition) is 6. The summed E-state index contributed by atoms with van der Waals surface area (Å²) >= 11 is 1.12. The molecule has 0 saturated heterocycles. The number of benzene rings is 3. The first-order valence-corrected chi connectivity index (χ1v) is 16.7. The molecule has 1 aromatic heterocycles. The number of ether oxygens (including phenoxy) is 2. The summed E-state index contributed by atoms with van der Waals surface area (Å²) in [6, 6.07) is 13.2. The molecule has 0 bridgehead atoms. The van der Waals surface area contributed by atoms with Crippen molar-refractivity contribution in [3.05, 3.63) is 89.3 Å². The molecule has 1 atom stereocenters. The summed E-state index contributed by atoms with van der Waals surface area (Å²) in [5, 5.41) is 0.913. The number of nitrogens with two attached hydrogens (primary N) is 1. The molecule has 0 radical (unpaired) electrons. The first-order chi connectivity index (χ1) is 19.3. The van der Waals surface area contributed by atoms with Gasteiger partial charge in [-0.15, -0.1) is 0 Å². The van der Waals surface area contributed by atoms with Crippen molar-refractivity contribution in [1.82, 2.24) is 2.78 Å². The second-order valence-electron chi connectivity index (χ2n) is 9.35. The second-order valence-corrected chi connectivity index (χ2v) is 12.2. The van der Waals surface area contributed by atoms with E-state index in [0.29, 0.717) is 22.9 Å². The third-order valence-electron chi connectivity index (χ3n) is 6.94. The Labute approximate surface area is 245 Å². The van der Waals surface area contributed by atoms with Crippen LogP contribution in [0.2, 0.25) is 0 Å². The Bertz CT molecular complexity index is 1670. The SMILES string of the molecule is CSc1c(Oc2ccc(F)c(N=C/C=C(\N)C3(C)COc4c(CC=O)cccc43)c2)c(F)cc2c1ccn2[I-]C. The topological polar surface area (TPSA) is 78.8 Å². The molecule has 0 spiro atoms. The summed E-state index contributed by atoms with van der Waals surface area (Å²) in [6.45, 7) is 2.26. The fourth-order valence-corrected chi connectivity index (χ4v) is 6.86. The Morgan fingerprint density at radius 3 is 2.83 bits per heavy atom. The van der Waals surface area contributed by atoms with Gasteiger partial charge in [-0.05, 0) is 6.92 Å². The molecule has 2 heterocycles. The molecule has 10 heteroatoms. The third kappa shape index (κ3) is 5.10. The van der Waals surface area contributed by atoms with Gasteiger partial charge in [0.15, 0.2) is 0 Å². The zero-order chi connectivity index (χ0) is 28.4. The quantitative estimate of drug-likeness (QED) is 0.0967. The van der Waals surface area contributed by atoms with E-state index >= 15 is 4.39 Å². The summed E-state index contributed by atoms with van der Waals surface area (Å²) < 4.78 is 43.8. The number of aromatic nitrogens is 1. The van der Waals surface area contributed by atoms with Crippen LogP contribution in [0.1, 0.15) is 18.1 Å². The molecule has 0 aliphatic carbocycles. The van der Waals surface area contributed by atoms with Gasteiger partial charge in [0, 0.05) is 23.2 Å². The van der Waals surface area contributed by atoms with E-state index in [9.17, 15) is 9.18 Å². The molecule has 6 nitrogen and oxygen atoms in total. The van der Waals surface area contributed by atoms with Crippen molar-refractivity contribution < 1.29 is 44.5 Å². The molecule has 1 aliphatic rings. The van der Waals surface area contributed by atoms with Gasteiger partial charge in [0.1, 0.15) is 18.6 Å². The van der Waals surface area contributed by atoms with Crippen LogP contribution in [0, 0.1) is 11.6 Å². The van der Waals surface area contributed by atoms with Crippen molar-refractivity contribution >= 4 is 40.9 Å². The molecule has 0 fully saturated rings. The minimum absolute atomic E-state index is 0.0251. The van der Waals surface area contributed by atoms with Crippen molar-refractivity contribution in [3.63, 3.8) is 0 Å². The Morgan fingerprint density at radius 1 is 1.25 bits per heavy atom. The van der Waals surface area contributed by atoms with Crippen LogP contribution < -0.4 is 36.7 Å². The Balaban J connectivity index is 1.41. The predicted molar refractivity (Wildman–Crippen MR) is 151 cm³/mol. The molecule has 3 aromatic carbocycles. The van der Waals surface area contributed by atoms with E-state index in [1.807, 2.05) is 43.6 Å². The van der Waals surface area contributed by atoms with Gasteiger partial charge in [0.2, 0.25) is 0 Å². The van der Waals surface area contributed by atoms with Crippen LogP contribution in [0.3, 0.4) is 0 Å². The third-order valence-corrected chi connectivity index (χ3v) is 9.63. The number of nitrogens with zero attached hydrogens (tertiary/aromatic N) is 2. The van der Waals surface area contributed by atoms with Crippen molar-refractivity contribution in [1.29, 1.82) is 0 Å². The Kier molecular flexibility index (Phi) is 8.18. The van der Waals surface area contributed by atoms with Gasteiger partial charge < -0.3 is 15.3 Å². The summed E-state index contributed by atoms with van der Waals surface area (Å²) in [5.41, 5.74) is 8.85. The fourth-order valence-electron chi connectivity index (χ4n) is 4.74. The standard InChI is InChI=1S/C30H27F2IN3O3S/c1-30(17-38-27-18(11-14-37)5-4-6-21(27)30)26(34)9-12-35-24-15-19(7-8-22(24)31)39-28-23(32)16-25-20(29(28)40-3)10-13-36(25)33-2/h4-10,12-16H,11,17,34H2,1-3H3/q-1/b26-9-,35-12?. The van der Waals surface area contributed by atoms with E-state index in [-0.39, 0.29) is 45.1 Å². The molecular weight excluding hydrogens is 647 g/mol. The van der Waals surface area contributed by atoms with Gasteiger partial charge in [-0.2, -0.15) is 0 Å². The van der Waals surface area contributed by atoms with Crippen LogP contribution in [-0.4, -0.2) is 33.1 Å². The number of halogens is 3. The van der Waals surface area contributed by atoms with E-state index in [2.05, 4.69) is 12.7 Å². The van der Waals surface area contributed by atoms with Crippen LogP contribution in [0.15, 0.2) is 76.4 Å². The normalized spacial score (nSPS) is 17.0. The number of aldehydes is 1. The monoisotopic (exact) mass is 674 g/mol. The average Bonchev–Trinajstić information content (AvgIpc) is 3.52. The van der Waals surface area contributed by atoms with Crippen LogP contribution in [0.25, 0.3) is 10.9 Å². The number of rotatable bonds is 9. The van der Waals surface area contributed by atoms with Gasteiger partial charge in [0.05, 0.1) is 5.41 Å². The Morgan fingerprint density at radius 2 is 2.08 bits per heavy atom. The number of allylic oxidation sites excluding steroid dienone is 1. The molecule has 4 aromatic rings. The van der Waals surface area contributed by atoms with Crippen LogP contribution in [0.5, 0.6) is 17.2 Å². The van der Waals surface area contributed by atoms with Crippen LogP contribution in [-0.2, 0) is 16.6 Å². The van der Waals surface area contributed by atoms with Crippen LogP contribution >= 0.6 is 11.8 Å². The number of carbonyl (C=O) groups is 1. The van der Waals surface area contributed by atoms with Gasteiger partial charge >= 0.3 is 159 Å². The van der Waals surface area contributed by atoms with E-state index in [1.54, 1.807) is 6.08 Å². The second kappa shape index (κ2) is 11.6. The molecule has 1 unspecified atom stereocenters. The van der Waals surface area contributed by atoms with E-state index < -0.39 is 17.0 Å². The van der Waals surface area contributed by atoms with Crippen molar-refractivity contribution in [2.75, 3.05) is 17.8 Å². The molecule has 40 heavy (non-hydrogen) atoms.